The van der Waals surface area contributed by atoms with Crippen LogP contribution in [0.25, 0.3) is 0 Å². The molecular formula is C19H24ClN3O2. The number of aromatic nitrogens is 1. The number of nitrogens with one attached hydrogen (secondary N) is 2. The highest BCUT2D eigenvalue weighted by Gasteiger charge is 2.13. The molecule has 134 valence electrons. The summed E-state index contributed by atoms with van der Waals surface area (Å²) in [5.41, 5.74) is 2.82. The van der Waals surface area contributed by atoms with Gasteiger partial charge in [0.05, 0.1) is 5.56 Å². The van der Waals surface area contributed by atoms with Gasteiger partial charge in [-0.25, -0.2) is 0 Å². The number of allylic oxidation sites excluding steroid dienone is 4. The summed E-state index contributed by atoms with van der Waals surface area (Å²) in [7, 11) is 0. The van der Waals surface area contributed by atoms with Gasteiger partial charge in [0.2, 0.25) is 5.56 Å². The Balaban J connectivity index is 1.78. The third kappa shape index (κ3) is 6.03. The largest absolute Gasteiger partial charge is 0.351 e. The maximum atomic E-state index is 12.0. The number of rotatable bonds is 7. The molecule has 0 atom stereocenters. The van der Waals surface area contributed by atoms with Crippen LogP contribution in [-0.2, 0) is 0 Å². The summed E-state index contributed by atoms with van der Waals surface area (Å²) in [6.45, 7) is 5.24. The number of nitrogens with zero attached hydrogens (tertiary/aromatic N) is 1. The van der Waals surface area contributed by atoms with Crippen LogP contribution < -0.4 is 10.9 Å². The predicted molar refractivity (Wildman–Crippen MR) is 102 cm³/mol. The Kier molecular flexibility index (Phi) is 7.70. The van der Waals surface area contributed by atoms with E-state index in [0.717, 1.165) is 26.1 Å². The number of H-pyrrole nitrogens is 1. The molecule has 0 aliphatic carbocycles. The van der Waals surface area contributed by atoms with Crippen LogP contribution in [0.3, 0.4) is 0 Å². The first kappa shape index (κ1) is 19.2. The summed E-state index contributed by atoms with van der Waals surface area (Å²) < 4.78 is 0. The molecule has 0 aromatic carbocycles. The lowest BCUT2D eigenvalue weighted by Gasteiger charge is -2.26. The minimum Gasteiger partial charge on any atom is -0.351 e. The Hall–Kier alpha value is -2.11. The summed E-state index contributed by atoms with van der Waals surface area (Å²) in [6, 6.07) is 2.88. The van der Waals surface area contributed by atoms with Crippen molar-refractivity contribution < 1.29 is 4.79 Å². The van der Waals surface area contributed by atoms with Gasteiger partial charge in [0.1, 0.15) is 0 Å². The van der Waals surface area contributed by atoms with E-state index in [0.29, 0.717) is 18.0 Å². The van der Waals surface area contributed by atoms with Gasteiger partial charge in [0.15, 0.2) is 0 Å². The van der Waals surface area contributed by atoms with Gasteiger partial charge in [-0.15, -0.1) is 11.6 Å². The fourth-order valence-electron chi connectivity index (χ4n) is 2.72. The Morgan fingerprint density at radius 2 is 2.28 bits per heavy atom. The summed E-state index contributed by atoms with van der Waals surface area (Å²) in [6.07, 6.45) is 10.8. The molecular weight excluding hydrogens is 338 g/mol. The van der Waals surface area contributed by atoms with E-state index >= 15 is 0 Å². The van der Waals surface area contributed by atoms with Crippen molar-refractivity contribution in [1.29, 1.82) is 0 Å². The molecule has 0 saturated heterocycles. The van der Waals surface area contributed by atoms with E-state index in [1.165, 1.54) is 29.5 Å². The van der Waals surface area contributed by atoms with Crippen molar-refractivity contribution in [3.8, 4) is 0 Å². The monoisotopic (exact) mass is 361 g/mol. The minimum atomic E-state index is -0.214. The summed E-state index contributed by atoms with van der Waals surface area (Å²) >= 11 is 5.71. The molecule has 0 saturated carbocycles. The maximum Gasteiger partial charge on any atom is 0.252 e. The van der Waals surface area contributed by atoms with Crippen LogP contribution in [0.4, 0.5) is 0 Å². The van der Waals surface area contributed by atoms with E-state index in [1.807, 2.05) is 13.0 Å². The van der Waals surface area contributed by atoms with Gasteiger partial charge in [-0.3, -0.25) is 14.5 Å². The van der Waals surface area contributed by atoms with Crippen LogP contribution in [0.1, 0.15) is 23.7 Å². The molecule has 6 heteroatoms. The van der Waals surface area contributed by atoms with Crippen molar-refractivity contribution in [2.45, 2.75) is 13.3 Å². The van der Waals surface area contributed by atoms with Gasteiger partial charge in [-0.05, 0) is 30.6 Å². The van der Waals surface area contributed by atoms with Gasteiger partial charge in [-0.2, -0.15) is 0 Å². The van der Waals surface area contributed by atoms with E-state index in [2.05, 4.69) is 33.4 Å². The van der Waals surface area contributed by atoms with Gasteiger partial charge in [-0.1, -0.05) is 24.3 Å². The van der Waals surface area contributed by atoms with Crippen molar-refractivity contribution >= 4 is 17.5 Å². The number of amides is 1. The first-order valence-electron chi connectivity index (χ1n) is 8.41. The molecule has 1 aromatic rings. The second-order valence-electron chi connectivity index (χ2n) is 5.78. The Labute approximate surface area is 153 Å². The first-order valence-corrected chi connectivity index (χ1v) is 8.95. The lowest BCUT2D eigenvalue weighted by atomic mass is 9.99. The zero-order valence-corrected chi connectivity index (χ0v) is 15.2. The molecule has 2 heterocycles. The summed E-state index contributed by atoms with van der Waals surface area (Å²) in [5, 5.41) is 2.88. The molecule has 5 nitrogen and oxygen atoms in total. The van der Waals surface area contributed by atoms with E-state index < -0.39 is 0 Å². The molecule has 0 bridgehead atoms. The zero-order chi connectivity index (χ0) is 18.1. The molecule has 0 fully saturated rings. The van der Waals surface area contributed by atoms with Crippen LogP contribution >= 0.6 is 11.6 Å². The fraction of sp³-hybridized carbons (Fsp3) is 0.368. The fourth-order valence-corrected chi connectivity index (χ4v) is 2.81. The van der Waals surface area contributed by atoms with Crippen LogP contribution in [0.5, 0.6) is 0 Å². The highest BCUT2D eigenvalue weighted by molar-refractivity contribution is 6.18. The van der Waals surface area contributed by atoms with Crippen molar-refractivity contribution in [1.82, 2.24) is 15.2 Å². The van der Waals surface area contributed by atoms with Crippen molar-refractivity contribution in [3.05, 3.63) is 69.7 Å². The van der Waals surface area contributed by atoms with Crippen molar-refractivity contribution in [2.75, 3.05) is 32.1 Å². The second kappa shape index (κ2) is 10.0. The highest BCUT2D eigenvalue weighted by atomic mass is 35.5. The molecule has 2 N–H and O–H groups in total. The third-order valence-electron chi connectivity index (χ3n) is 4.12. The van der Waals surface area contributed by atoms with Crippen LogP contribution in [-0.4, -0.2) is 47.9 Å². The Morgan fingerprint density at radius 3 is 2.88 bits per heavy atom. The van der Waals surface area contributed by atoms with Crippen LogP contribution in [0.15, 0.2) is 58.6 Å². The Bertz CT molecular complexity index is 714. The number of alkyl halides is 1. The van der Waals surface area contributed by atoms with Crippen molar-refractivity contribution in [3.63, 3.8) is 0 Å². The quantitative estimate of drug-likeness (QED) is 0.579. The highest BCUT2D eigenvalue weighted by Crippen LogP contribution is 2.20. The molecule has 0 unspecified atom stereocenters. The molecule has 2 rings (SSSR count). The lowest BCUT2D eigenvalue weighted by molar-refractivity contribution is 0.0948. The molecule has 25 heavy (non-hydrogen) atoms. The predicted octanol–water partition coefficient (Wildman–Crippen LogP) is 2.48. The van der Waals surface area contributed by atoms with E-state index in [4.69, 9.17) is 11.6 Å². The minimum absolute atomic E-state index is 0.174. The SMILES string of the molecule is C/C=C(\C=C/CCl)C1=CCN(CCNC(=O)c2ccc(=O)[nH]c2)CC1. The Morgan fingerprint density at radius 1 is 1.44 bits per heavy atom. The molecule has 0 radical (unpaired) electrons. The molecule has 0 spiro atoms. The smallest absolute Gasteiger partial charge is 0.252 e. The molecule has 1 amide bonds. The van der Waals surface area contributed by atoms with Gasteiger partial charge < -0.3 is 10.3 Å². The first-order chi connectivity index (χ1) is 12.1. The molecule has 1 aliphatic rings. The maximum absolute atomic E-state index is 12.0. The number of hydrogen-bond donors (Lipinski definition) is 2. The lowest BCUT2D eigenvalue weighted by Crippen LogP contribution is -2.37. The van der Waals surface area contributed by atoms with Gasteiger partial charge in [0, 0.05) is 44.3 Å². The summed E-state index contributed by atoms with van der Waals surface area (Å²) in [4.78, 5) is 27.8. The van der Waals surface area contributed by atoms with E-state index in [-0.39, 0.29) is 11.5 Å². The van der Waals surface area contributed by atoms with E-state index in [1.54, 1.807) is 0 Å². The molecule has 1 aliphatic heterocycles. The van der Waals surface area contributed by atoms with Gasteiger partial charge >= 0.3 is 0 Å². The number of pyridine rings is 1. The third-order valence-corrected chi connectivity index (χ3v) is 4.30. The van der Waals surface area contributed by atoms with Gasteiger partial charge in [0.25, 0.3) is 5.91 Å². The average molecular weight is 362 g/mol. The zero-order valence-electron chi connectivity index (χ0n) is 14.4. The summed E-state index contributed by atoms with van der Waals surface area (Å²) in [5.74, 6) is 0.345. The number of carbonyl (C=O) groups is 1. The topological polar surface area (TPSA) is 65.2 Å². The number of aromatic amines is 1. The van der Waals surface area contributed by atoms with Crippen molar-refractivity contribution in [2.24, 2.45) is 0 Å². The molecule has 1 aromatic heterocycles. The number of carbonyl (C=O) groups excluding carboxylic acids is 1. The average Bonchev–Trinajstić information content (AvgIpc) is 2.64. The second-order valence-corrected chi connectivity index (χ2v) is 6.09. The number of hydrogen-bond acceptors (Lipinski definition) is 3. The van der Waals surface area contributed by atoms with Crippen LogP contribution in [0.2, 0.25) is 0 Å². The number of halogens is 1. The van der Waals surface area contributed by atoms with Crippen LogP contribution in [0, 0.1) is 0 Å². The normalized spacial score (nSPS) is 16.1. The standard InChI is InChI=1S/C19H24ClN3O2/c1-2-15(4-3-9-20)16-7-11-23(12-8-16)13-10-21-19(25)17-5-6-18(24)22-14-17/h2-7,14H,8-13H2,1H3,(H,21,25)(H,22,24)/b4-3-,15-2+. The van der Waals surface area contributed by atoms with E-state index in [9.17, 15) is 9.59 Å².